The number of nitrogens with zero attached hydrogens (tertiary/aromatic N) is 1. The Bertz CT molecular complexity index is 737. The van der Waals surface area contributed by atoms with Crippen molar-refractivity contribution in [2.75, 3.05) is 11.1 Å². The third kappa shape index (κ3) is 3.09. The molecule has 3 N–H and O–H groups in total. The van der Waals surface area contributed by atoms with Gasteiger partial charge >= 0.3 is 0 Å². The minimum absolute atomic E-state index is 0.00853. The third-order valence-corrected chi connectivity index (χ3v) is 2.99. The van der Waals surface area contributed by atoms with Crippen molar-refractivity contribution in [1.29, 1.82) is 0 Å². The monoisotopic (exact) mass is 309 g/mol. The summed E-state index contributed by atoms with van der Waals surface area (Å²) in [5.41, 5.74) is 4.98. The van der Waals surface area contributed by atoms with Gasteiger partial charge in [0.15, 0.2) is 0 Å². The fourth-order valence-electron chi connectivity index (χ4n) is 1.71. The minimum Gasteiger partial charge on any atom is -0.397 e. The summed E-state index contributed by atoms with van der Waals surface area (Å²) < 4.78 is 13.1. The number of carbonyl (C=O) groups excluding carboxylic acids is 1. The van der Waals surface area contributed by atoms with E-state index in [0.29, 0.717) is 0 Å². The zero-order valence-electron chi connectivity index (χ0n) is 10.5. The van der Waals surface area contributed by atoms with Gasteiger partial charge in [0.1, 0.15) is 11.4 Å². The Morgan fingerprint density at radius 2 is 2.05 bits per heavy atom. The molecule has 0 atom stereocenters. The molecule has 0 spiro atoms. The molecular weight excluding hydrogens is 301 g/mol. The molecule has 0 aliphatic heterocycles. The molecule has 21 heavy (non-hydrogen) atoms. The Labute approximate surface area is 123 Å². The van der Waals surface area contributed by atoms with Crippen molar-refractivity contribution in [1.82, 2.24) is 0 Å². The van der Waals surface area contributed by atoms with Gasteiger partial charge in [-0.2, -0.15) is 0 Å². The van der Waals surface area contributed by atoms with Crippen LogP contribution in [-0.2, 0) is 0 Å². The molecule has 0 unspecified atom stereocenters. The summed E-state index contributed by atoms with van der Waals surface area (Å²) in [7, 11) is 0. The highest BCUT2D eigenvalue weighted by atomic mass is 35.5. The average Bonchev–Trinajstić information content (AvgIpc) is 2.42. The van der Waals surface area contributed by atoms with Crippen LogP contribution in [0.25, 0.3) is 0 Å². The zero-order chi connectivity index (χ0) is 15.6. The van der Waals surface area contributed by atoms with E-state index >= 15 is 0 Å². The van der Waals surface area contributed by atoms with Gasteiger partial charge in [-0.3, -0.25) is 14.9 Å². The summed E-state index contributed by atoms with van der Waals surface area (Å²) in [6.45, 7) is 0. The van der Waals surface area contributed by atoms with Crippen LogP contribution in [0, 0.1) is 15.9 Å². The third-order valence-electron chi connectivity index (χ3n) is 2.68. The van der Waals surface area contributed by atoms with E-state index in [9.17, 15) is 19.3 Å². The summed E-state index contributed by atoms with van der Waals surface area (Å²) in [5, 5.41) is 13.2. The number of halogens is 2. The Balaban J connectivity index is 2.42. The average molecular weight is 310 g/mol. The molecule has 0 bridgehead atoms. The van der Waals surface area contributed by atoms with Crippen molar-refractivity contribution in [3.63, 3.8) is 0 Å². The molecule has 8 heteroatoms. The summed E-state index contributed by atoms with van der Waals surface area (Å²) in [4.78, 5) is 22.4. The number of hydrogen-bond donors (Lipinski definition) is 2. The lowest BCUT2D eigenvalue weighted by Crippen LogP contribution is -2.15. The molecule has 2 aromatic rings. The number of amides is 1. The SMILES string of the molecule is Nc1ccc(F)cc1NC(=O)c1c(Cl)cccc1[N+](=O)[O-]. The fraction of sp³-hybridized carbons (Fsp3) is 0. The second-order valence-corrected chi connectivity index (χ2v) is 4.48. The summed E-state index contributed by atoms with van der Waals surface area (Å²) in [5.74, 6) is -1.45. The lowest BCUT2D eigenvalue weighted by atomic mass is 10.1. The Morgan fingerprint density at radius 3 is 2.71 bits per heavy atom. The molecule has 0 heterocycles. The second kappa shape index (κ2) is 5.76. The molecule has 2 rings (SSSR count). The maximum absolute atomic E-state index is 13.1. The molecule has 108 valence electrons. The van der Waals surface area contributed by atoms with Crippen LogP contribution in [0.1, 0.15) is 10.4 Å². The fourth-order valence-corrected chi connectivity index (χ4v) is 1.97. The predicted molar refractivity (Wildman–Crippen MR) is 76.9 cm³/mol. The molecule has 0 radical (unpaired) electrons. The number of nitro groups is 1. The van der Waals surface area contributed by atoms with Crippen LogP contribution in [0.5, 0.6) is 0 Å². The second-order valence-electron chi connectivity index (χ2n) is 4.08. The predicted octanol–water partition coefficient (Wildman–Crippen LogP) is 3.22. The largest absolute Gasteiger partial charge is 0.397 e. The number of nitro benzene ring substituents is 1. The highest BCUT2D eigenvalue weighted by Crippen LogP contribution is 2.28. The number of benzene rings is 2. The molecule has 0 fully saturated rings. The van der Waals surface area contributed by atoms with Gasteiger partial charge in [-0.15, -0.1) is 0 Å². The van der Waals surface area contributed by atoms with E-state index in [0.717, 1.165) is 18.2 Å². The number of rotatable bonds is 3. The van der Waals surface area contributed by atoms with E-state index in [2.05, 4.69) is 5.32 Å². The quantitative estimate of drug-likeness (QED) is 0.516. The Morgan fingerprint density at radius 1 is 1.33 bits per heavy atom. The van der Waals surface area contributed by atoms with Crippen LogP contribution >= 0.6 is 11.6 Å². The van der Waals surface area contributed by atoms with Crippen molar-refractivity contribution in [2.45, 2.75) is 0 Å². The van der Waals surface area contributed by atoms with Gasteiger partial charge in [0.05, 0.1) is 21.3 Å². The Kier molecular flexibility index (Phi) is 4.04. The maximum atomic E-state index is 13.1. The minimum atomic E-state index is -0.843. The molecule has 0 saturated heterocycles. The summed E-state index contributed by atoms with van der Waals surface area (Å²) in [6, 6.07) is 7.26. The number of hydrogen-bond acceptors (Lipinski definition) is 4. The van der Waals surface area contributed by atoms with Crippen LogP contribution in [0.2, 0.25) is 5.02 Å². The maximum Gasteiger partial charge on any atom is 0.283 e. The first-order valence-electron chi connectivity index (χ1n) is 5.69. The van der Waals surface area contributed by atoms with Gasteiger partial charge in [0.25, 0.3) is 11.6 Å². The number of nitrogens with one attached hydrogen (secondary N) is 1. The number of anilines is 2. The highest BCUT2D eigenvalue weighted by Gasteiger charge is 2.23. The lowest BCUT2D eigenvalue weighted by Gasteiger charge is -2.09. The van der Waals surface area contributed by atoms with Gasteiger partial charge in [0, 0.05) is 6.07 Å². The molecule has 0 aliphatic carbocycles. The van der Waals surface area contributed by atoms with Crippen molar-refractivity contribution in [3.05, 3.63) is 62.9 Å². The van der Waals surface area contributed by atoms with Gasteiger partial charge in [-0.05, 0) is 24.3 Å². The van der Waals surface area contributed by atoms with Gasteiger partial charge < -0.3 is 11.1 Å². The molecule has 2 aromatic carbocycles. The van der Waals surface area contributed by atoms with Crippen LogP contribution in [-0.4, -0.2) is 10.8 Å². The number of carbonyl (C=O) groups is 1. The van der Waals surface area contributed by atoms with Gasteiger partial charge in [0.2, 0.25) is 0 Å². The normalized spacial score (nSPS) is 10.2. The van der Waals surface area contributed by atoms with Crippen molar-refractivity contribution in [2.24, 2.45) is 0 Å². The number of nitrogen functional groups attached to an aromatic ring is 1. The molecule has 1 amide bonds. The van der Waals surface area contributed by atoms with E-state index < -0.39 is 22.3 Å². The first-order chi connectivity index (χ1) is 9.90. The molecule has 0 aromatic heterocycles. The van der Waals surface area contributed by atoms with Gasteiger partial charge in [-0.1, -0.05) is 17.7 Å². The highest BCUT2D eigenvalue weighted by molar-refractivity contribution is 6.35. The van der Waals surface area contributed by atoms with E-state index in [1.165, 1.54) is 18.2 Å². The summed E-state index contributed by atoms with van der Waals surface area (Å²) in [6.07, 6.45) is 0. The van der Waals surface area contributed by atoms with E-state index in [4.69, 9.17) is 17.3 Å². The zero-order valence-corrected chi connectivity index (χ0v) is 11.2. The van der Waals surface area contributed by atoms with Crippen LogP contribution in [0.15, 0.2) is 36.4 Å². The summed E-state index contributed by atoms with van der Waals surface area (Å²) >= 11 is 5.84. The van der Waals surface area contributed by atoms with E-state index in [-0.39, 0.29) is 22.0 Å². The topological polar surface area (TPSA) is 98.3 Å². The van der Waals surface area contributed by atoms with E-state index in [1.807, 2.05) is 0 Å². The Hall–Kier alpha value is -2.67. The first kappa shape index (κ1) is 14.7. The van der Waals surface area contributed by atoms with E-state index in [1.54, 1.807) is 0 Å². The molecular formula is C13H9ClFN3O3. The first-order valence-corrected chi connectivity index (χ1v) is 6.07. The van der Waals surface area contributed by atoms with Crippen molar-refractivity contribution >= 4 is 34.6 Å². The smallest absolute Gasteiger partial charge is 0.283 e. The molecule has 0 aliphatic rings. The number of nitrogens with two attached hydrogens (primary N) is 1. The molecule has 0 saturated carbocycles. The van der Waals surface area contributed by atoms with Crippen LogP contribution < -0.4 is 11.1 Å². The van der Waals surface area contributed by atoms with Crippen molar-refractivity contribution < 1.29 is 14.1 Å². The van der Waals surface area contributed by atoms with Crippen molar-refractivity contribution in [3.8, 4) is 0 Å². The van der Waals surface area contributed by atoms with Crippen LogP contribution in [0.3, 0.4) is 0 Å². The van der Waals surface area contributed by atoms with Gasteiger partial charge in [-0.25, -0.2) is 4.39 Å². The van der Waals surface area contributed by atoms with Crippen LogP contribution in [0.4, 0.5) is 21.5 Å². The lowest BCUT2D eigenvalue weighted by molar-refractivity contribution is -0.385. The standard InChI is InChI=1S/C13H9ClFN3O3/c14-8-2-1-3-11(18(20)21)12(8)13(19)17-10-6-7(15)4-5-9(10)16/h1-6H,16H2,(H,17,19). The molecule has 6 nitrogen and oxygen atoms in total.